The number of hydrogen-bond acceptors (Lipinski definition) is 4. The van der Waals surface area contributed by atoms with Gasteiger partial charge in [-0.05, 0) is 39.5 Å². The Kier molecular flexibility index (Phi) is 4.90. The summed E-state index contributed by atoms with van der Waals surface area (Å²) >= 11 is 0. The Bertz CT molecular complexity index is 413. The molecule has 0 aliphatic heterocycles. The van der Waals surface area contributed by atoms with E-state index < -0.39 is 0 Å². The second-order valence-electron chi connectivity index (χ2n) is 5.20. The summed E-state index contributed by atoms with van der Waals surface area (Å²) < 4.78 is 5.43. The summed E-state index contributed by atoms with van der Waals surface area (Å²) in [7, 11) is 0. The van der Waals surface area contributed by atoms with Crippen molar-refractivity contribution in [2.75, 3.05) is 13.2 Å². The van der Waals surface area contributed by atoms with Crippen LogP contribution >= 0.6 is 0 Å². The second kappa shape index (κ2) is 6.65. The Balaban J connectivity index is 1.61. The number of carbonyl (C=O) groups excluding carboxylic acids is 1. The molecule has 1 amide bonds. The highest BCUT2D eigenvalue weighted by molar-refractivity contribution is 5.90. The van der Waals surface area contributed by atoms with Crippen molar-refractivity contribution in [2.45, 2.75) is 51.6 Å². The van der Waals surface area contributed by atoms with Crippen LogP contribution in [0.3, 0.4) is 0 Å². The Hall–Kier alpha value is -1.43. The molecule has 1 heterocycles. The molecule has 1 aliphatic carbocycles. The molecule has 1 aromatic heterocycles. The predicted molar refractivity (Wildman–Crippen MR) is 71.0 cm³/mol. The third kappa shape index (κ3) is 4.63. The number of rotatable bonds is 8. The number of unbranched alkanes of at least 4 members (excludes halogenated alkanes) is 1. The Morgan fingerprint density at radius 1 is 1.47 bits per heavy atom. The summed E-state index contributed by atoms with van der Waals surface area (Å²) in [6, 6.07) is 0. The van der Waals surface area contributed by atoms with E-state index in [2.05, 4.69) is 20.5 Å². The number of carbonyl (C=O) groups is 1. The van der Waals surface area contributed by atoms with Crippen LogP contribution < -0.4 is 5.32 Å². The zero-order valence-electron chi connectivity index (χ0n) is 11.6. The van der Waals surface area contributed by atoms with E-state index in [1.54, 1.807) is 0 Å². The summed E-state index contributed by atoms with van der Waals surface area (Å²) in [4.78, 5) is 16.0. The van der Waals surface area contributed by atoms with E-state index in [-0.39, 0.29) is 17.8 Å². The van der Waals surface area contributed by atoms with Gasteiger partial charge in [-0.25, -0.2) is 4.98 Å². The molecule has 1 saturated carbocycles. The lowest BCUT2D eigenvalue weighted by atomic mass is 10.3. The van der Waals surface area contributed by atoms with Crippen molar-refractivity contribution in [1.82, 2.24) is 20.5 Å². The largest absolute Gasteiger partial charge is 0.379 e. The van der Waals surface area contributed by atoms with E-state index in [9.17, 15) is 4.79 Å². The molecule has 0 aromatic carbocycles. The van der Waals surface area contributed by atoms with Gasteiger partial charge in [-0.2, -0.15) is 0 Å². The Morgan fingerprint density at radius 3 is 2.95 bits per heavy atom. The highest BCUT2D eigenvalue weighted by Gasteiger charge is 2.28. The van der Waals surface area contributed by atoms with E-state index in [0.717, 1.165) is 38.1 Å². The summed E-state index contributed by atoms with van der Waals surface area (Å²) in [5.41, 5.74) is 0. The molecule has 1 aliphatic rings. The van der Waals surface area contributed by atoms with E-state index in [1.165, 1.54) is 0 Å². The first-order valence-corrected chi connectivity index (χ1v) is 6.99. The molecule has 0 bridgehead atoms. The quantitative estimate of drug-likeness (QED) is 0.701. The average molecular weight is 266 g/mol. The number of nitrogens with one attached hydrogen (secondary N) is 2. The number of amides is 1. The standard InChI is InChI=1S/C13H22N4O2/c1-9(2)19-8-4-3-7-14-13(18)12-15-11(16-17-12)10-5-6-10/h9-10H,3-8H2,1-2H3,(H,14,18)(H,15,16,17). The van der Waals surface area contributed by atoms with Crippen molar-refractivity contribution < 1.29 is 9.53 Å². The third-order valence-corrected chi connectivity index (χ3v) is 2.98. The molecule has 0 unspecified atom stereocenters. The minimum Gasteiger partial charge on any atom is -0.379 e. The zero-order chi connectivity index (χ0) is 13.7. The molecule has 0 saturated heterocycles. The normalized spacial score (nSPS) is 14.9. The number of nitrogens with zero attached hydrogens (tertiary/aromatic N) is 2. The maximum Gasteiger partial charge on any atom is 0.290 e. The van der Waals surface area contributed by atoms with Crippen LogP contribution in [0.25, 0.3) is 0 Å². The number of aromatic nitrogens is 3. The predicted octanol–water partition coefficient (Wildman–Crippen LogP) is 1.62. The Labute approximate surface area is 113 Å². The van der Waals surface area contributed by atoms with Crippen molar-refractivity contribution in [3.8, 4) is 0 Å². The van der Waals surface area contributed by atoms with Crippen molar-refractivity contribution in [3.63, 3.8) is 0 Å². The zero-order valence-corrected chi connectivity index (χ0v) is 11.6. The van der Waals surface area contributed by atoms with E-state index >= 15 is 0 Å². The molecule has 6 nitrogen and oxygen atoms in total. The van der Waals surface area contributed by atoms with Gasteiger partial charge in [0.25, 0.3) is 5.91 Å². The molecule has 1 aromatic rings. The molecule has 0 radical (unpaired) electrons. The SMILES string of the molecule is CC(C)OCCCCNC(=O)c1n[nH]c(C2CC2)n1. The van der Waals surface area contributed by atoms with Gasteiger partial charge in [0, 0.05) is 19.1 Å². The van der Waals surface area contributed by atoms with Gasteiger partial charge in [-0.1, -0.05) is 0 Å². The third-order valence-electron chi connectivity index (χ3n) is 2.98. The molecular weight excluding hydrogens is 244 g/mol. The summed E-state index contributed by atoms with van der Waals surface area (Å²) in [6.07, 6.45) is 4.40. The van der Waals surface area contributed by atoms with Gasteiger partial charge in [0.15, 0.2) is 0 Å². The first-order chi connectivity index (χ1) is 9.16. The first-order valence-electron chi connectivity index (χ1n) is 6.99. The highest BCUT2D eigenvalue weighted by Crippen LogP contribution is 2.37. The number of H-pyrrole nitrogens is 1. The van der Waals surface area contributed by atoms with Crippen LogP contribution in [0.1, 0.15) is 61.9 Å². The molecule has 0 spiro atoms. The van der Waals surface area contributed by atoms with Crippen molar-refractivity contribution in [2.24, 2.45) is 0 Å². The molecule has 19 heavy (non-hydrogen) atoms. The van der Waals surface area contributed by atoms with Crippen molar-refractivity contribution >= 4 is 5.91 Å². The van der Waals surface area contributed by atoms with Crippen LogP contribution in [-0.2, 0) is 4.74 Å². The lowest BCUT2D eigenvalue weighted by molar-refractivity contribution is 0.0754. The smallest absolute Gasteiger partial charge is 0.290 e. The molecule has 106 valence electrons. The van der Waals surface area contributed by atoms with Crippen LogP contribution in [0.5, 0.6) is 0 Å². The second-order valence-corrected chi connectivity index (χ2v) is 5.20. The molecule has 2 N–H and O–H groups in total. The van der Waals surface area contributed by atoms with Crippen LogP contribution in [0, 0.1) is 0 Å². The van der Waals surface area contributed by atoms with E-state index in [4.69, 9.17) is 4.74 Å². The molecule has 1 fully saturated rings. The minimum atomic E-state index is -0.201. The maximum absolute atomic E-state index is 11.8. The van der Waals surface area contributed by atoms with Crippen LogP contribution in [0.2, 0.25) is 0 Å². The van der Waals surface area contributed by atoms with E-state index in [1.807, 2.05) is 13.8 Å². The summed E-state index contributed by atoms with van der Waals surface area (Å²) in [5, 5.41) is 9.59. The van der Waals surface area contributed by atoms with Gasteiger partial charge in [0.05, 0.1) is 6.10 Å². The number of aromatic amines is 1. The number of ether oxygens (including phenoxy) is 1. The topological polar surface area (TPSA) is 79.9 Å². The fourth-order valence-corrected chi connectivity index (χ4v) is 1.74. The average Bonchev–Trinajstić information content (AvgIpc) is 3.11. The van der Waals surface area contributed by atoms with Gasteiger partial charge in [0.1, 0.15) is 5.82 Å². The van der Waals surface area contributed by atoms with Crippen molar-refractivity contribution in [3.05, 3.63) is 11.6 Å². The van der Waals surface area contributed by atoms with Crippen LogP contribution in [-0.4, -0.2) is 40.3 Å². The maximum atomic E-state index is 11.8. The summed E-state index contributed by atoms with van der Waals surface area (Å²) in [6.45, 7) is 5.40. The summed E-state index contributed by atoms with van der Waals surface area (Å²) in [5.74, 6) is 1.38. The molecule has 6 heteroatoms. The lowest BCUT2D eigenvalue weighted by Gasteiger charge is -2.07. The monoisotopic (exact) mass is 266 g/mol. The Morgan fingerprint density at radius 2 is 2.26 bits per heavy atom. The van der Waals surface area contributed by atoms with Gasteiger partial charge in [-0.15, -0.1) is 5.10 Å². The van der Waals surface area contributed by atoms with Gasteiger partial charge in [-0.3, -0.25) is 9.89 Å². The first kappa shape index (κ1) is 14.0. The van der Waals surface area contributed by atoms with E-state index in [0.29, 0.717) is 12.5 Å². The van der Waals surface area contributed by atoms with Crippen LogP contribution in [0.4, 0.5) is 0 Å². The van der Waals surface area contributed by atoms with Crippen LogP contribution in [0.15, 0.2) is 0 Å². The highest BCUT2D eigenvalue weighted by atomic mass is 16.5. The number of hydrogen-bond donors (Lipinski definition) is 2. The molecule has 0 atom stereocenters. The minimum absolute atomic E-state index is 0.201. The fraction of sp³-hybridized carbons (Fsp3) is 0.769. The van der Waals surface area contributed by atoms with Gasteiger partial charge >= 0.3 is 0 Å². The fourth-order valence-electron chi connectivity index (χ4n) is 1.74. The lowest BCUT2D eigenvalue weighted by Crippen LogP contribution is -2.25. The van der Waals surface area contributed by atoms with Gasteiger partial charge < -0.3 is 10.1 Å². The van der Waals surface area contributed by atoms with Gasteiger partial charge in [0.2, 0.25) is 5.82 Å². The molecule has 2 rings (SSSR count). The molecular formula is C13H22N4O2. The van der Waals surface area contributed by atoms with Crippen molar-refractivity contribution in [1.29, 1.82) is 0 Å².